The number of likely N-dealkylation sites (tertiary alicyclic amines) is 1. The minimum Gasteiger partial charge on any atom is -0.508 e. The van der Waals surface area contributed by atoms with E-state index < -0.39 is 5.97 Å². The highest BCUT2D eigenvalue weighted by Gasteiger charge is 2.67. The molecular formula is C31H32N2O5. The number of hydrogen-bond acceptors (Lipinski definition) is 6. The molecule has 196 valence electrons. The van der Waals surface area contributed by atoms with Crippen molar-refractivity contribution in [2.75, 3.05) is 20.1 Å². The van der Waals surface area contributed by atoms with Crippen molar-refractivity contribution in [2.45, 2.75) is 56.2 Å². The third-order valence-corrected chi connectivity index (χ3v) is 9.01. The van der Waals surface area contributed by atoms with Gasteiger partial charge in [0.2, 0.25) is 0 Å². The average molecular weight is 513 g/mol. The van der Waals surface area contributed by atoms with Crippen molar-refractivity contribution >= 4 is 11.9 Å². The lowest BCUT2D eigenvalue weighted by Crippen LogP contribution is -2.68. The van der Waals surface area contributed by atoms with Crippen LogP contribution in [0, 0.1) is 17.8 Å². The fourth-order valence-corrected chi connectivity index (χ4v) is 7.56. The SMILES string of the molecule is C=CCN1CC[C@]23c4c5c(O)cc(OC(C)=O)c4O[C@H]2[C@@H](N(C)C(=O)C#Cc2ccccc2)CC[C@H]3[C@H]1C5. The van der Waals surface area contributed by atoms with Gasteiger partial charge in [0.05, 0.1) is 6.04 Å². The van der Waals surface area contributed by atoms with E-state index in [1.165, 1.54) is 13.0 Å². The standard InChI is InChI=1S/C31H32N2O5/c1-4-15-33-16-14-31-22-11-12-23(32(3)27(36)13-10-20-8-6-5-7-9-20)30(31)38-29-26(37-19(2)34)18-25(35)21(28(29)31)17-24(22)33/h4-9,18,22-24,30,35H,1,11-12,14-17H2,2-3H3/t22-,23-,24+,30-,31-/m0/s1. The average Bonchev–Trinajstić information content (AvgIpc) is 3.25. The van der Waals surface area contributed by atoms with Crippen molar-refractivity contribution in [3.05, 3.63) is 65.7 Å². The predicted molar refractivity (Wildman–Crippen MR) is 142 cm³/mol. The zero-order valence-corrected chi connectivity index (χ0v) is 21.8. The fourth-order valence-electron chi connectivity index (χ4n) is 7.56. The van der Waals surface area contributed by atoms with Crippen LogP contribution in [0.3, 0.4) is 0 Å². The lowest BCUT2D eigenvalue weighted by atomic mass is 9.51. The van der Waals surface area contributed by atoms with Crippen molar-refractivity contribution in [3.8, 4) is 29.1 Å². The molecule has 4 aliphatic rings. The molecule has 0 aromatic heterocycles. The number of ether oxygens (including phenoxy) is 2. The molecule has 2 aromatic carbocycles. The number of likely N-dealkylation sites (N-methyl/N-ethyl adjacent to an activating group) is 1. The van der Waals surface area contributed by atoms with Gasteiger partial charge in [-0.3, -0.25) is 14.5 Å². The first-order chi connectivity index (χ1) is 18.3. The normalized spacial score (nSPS) is 28.3. The first kappa shape index (κ1) is 24.6. The van der Waals surface area contributed by atoms with Crippen LogP contribution < -0.4 is 9.47 Å². The molecular weight excluding hydrogens is 480 g/mol. The first-order valence-corrected chi connectivity index (χ1v) is 13.3. The van der Waals surface area contributed by atoms with Crippen molar-refractivity contribution in [1.82, 2.24) is 9.80 Å². The maximum atomic E-state index is 13.3. The lowest BCUT2D eigenvalue weighted by molar-refractivity contribution is -0.134. The molecule has 2 aromatic rings. The third-order valence-electron chi connectivity index (χ3n) is 9.01. The Labute approximate surface area is 223 Å². The van der Waals surface area contributed by atoms with Crippen LogP contribution in [0.15, 0.2) is 49.1 Å². The Morgan fingerprint density at radius 1 is 1.32 bits per heavy atom. The van der Waals surface area contributed by atoms with E-state index in [4.69, 9.17) is 9.47 Å². The second-order valence-corrected chi connectivity index (χ2v) is 10.8. The molecule has 38 heavy (non-hydrogen) atoms. The number of hydrogen-bond donors (Lipinski definition) is 1. The minimum absolute atomic E-state index is 0.132. The van der Waals surface area contributed by atoms with Gasteiger partial charge in [0, 0.05) is 60.7 Å². The number of nitrogens with zero attached hydrogens (tertiary/aromatic N) is 2. The zero-order chi connectivity index (χ0) is 26.6. The maximum Gasteiger partial charge on any atom is 0.308 e. The second kappa shape index (κ2) is 9.21. The molecule has 1 N–H and O–H groups in total. The summed E-state index contributed by atoms with van der Waals surface area (Å²) >= 11 is 0. The summed E-state index contributed by atoms with van der Waals surface area (Å²) in [6, 6.07) is 11.0. The Hall–Kier alpha value is -3.76. The van der Waals surface area contributed by atoms with Crippen LogP contribution in [0.1, 0.15) is 42.9 Å². The van der Waals surface area contributed by atoms with Gasteiger partial charge >= 0.3 is 5.97 Å². The molecule has 7 nitrogen and oxygen atoms in total. The summed E-state index contributed by atoms with van der Waals surface area (Å²) in [5.41, 5.74) is 2.24. The molecule has 2 aliphatic carbocycles. The number of aromatic hydroxyl groups is 1. The smallest absolute Gasteiger partial charge is 0.308 e. The second-order valence-electron chi connectivity index (χ2n) is 10.8. The zero-order valence-electron chi connectivity index (χ0n) is 21.8. The summed E-state index contributed by atoms with van der Waals surface area (Å²) in [5, 5.41) is 11.1. The summed E-state index contributed by atoms with van der Waals surface area (Å²) in [6.07, 6.45) is 4.84. The van der Waals surface area contributed by atoms with Crippen LogP contribution in [0.2, 0.25) is 0 Å². The number of esters is 1. The Kier molecular flexibility index (Phi) is 5.96. The van der Waals surface area contributed by atoms with Crippen LogP contribution in [-0.4, -0.2) is 65.1 Å². The highest BCUT2D eigenvalue weighted by molar-refractivity contribution is 5.94. The van der Waals surface area contributed by atoms with Gasteiger partial charge in [0.25, 0.3) is 5.91 Å². The highest BCUT2D eigenvalue weighted by atomic mass is 16.6. The quantitative estimate of drug-likeness (QED) is 0.293. The van der Waals surface area contributed by atoms with Crippen molar-refractivity contribution in [1.29, 1.82) is 0 Å². The summed E-state index contributed by atoms with van der Waals surface area (Å²) in [7, 11) is 1.80. The van der Waals surface area contributed by atoms with E-state index in [2.05, 4.69) is 23.3 Å². The number of carbonyl (C=O) groups is 2. The van der Waals surface area contributed by atoms with Gasteiger partial charge in [-0.2, -0.15) is 0 Å². The van der Waals surface area contributed by atoms with Gasteiger partial charge in [-0.25, -0.2) is 0 Å². The predicted octanol–water partition coefficient (Wildman–Crippen LogP) is 3.42. The third kappa shape index (κ3) is 3.62. The topological polar surface area (TPSA) is 79.3 Å². The molecule has 5 atom stereocenters. The molecule has 1 saturated heterocycles. The minimum atomic E-state index is -0.470. The number of rotatable bonds is 4. The molecule has 2 bridgehead atoms. The van der Waals surface area contributed by atoms with Crippen molar-refractivity contribution in [3.63, 3.8) is 0 Å². The summed E-state index contributed by atoms with van der Waals surface area (Å²) in [6.45, 7) is 6.96. The van der Waals surface area contributed by atoms with E-state index in [1.54, 1.807) is 11.9 Å². The Morgan fingerprint density at radius 3 is 2.84 bits per heavy atom. The van der Waals surface area contributed by atoms with E-state index in [0.717, 1.165) is 49.0 Å². The number of phenolic OH excluding ortho intramolecular Hbond substituents is 1. The molecule has 1 spiro atoms. The van der Waals surface area contributed by atoms with Gasteiger partial charge < -0.3 is 19.5 Å². The molecule has 1 amide bonds. The van der Waals surface area contributed by atoms with Crippen LogP contribution in [0.4, 0.5) is 0 Å². The Balaban J connectivity index is 1.42. The van der Waals surface area contributed by atoms with E-state index >= 15 is 0 Å². The number of piperidine rings is 1. The first-order valence-electron chi connectivity index (χ1n) is 13.3. The largest absolute Gasteiger partial charge is 0.508 e. The number of benzene rings is 2. The Bertz CT molecular complexity index is 1380. The van der Waals surface area contributed by atoms with E-state index in [1.807, 2.05) is 36.4 Å². The summed E-state index contributed by atoms with van der Waals surface area (Å²) in [4.78, 5) is 29.4. The van der Waals surface area contributed by atoms with Crippen LogP contribution in [0.25, 0.3) is 0 Å². The molecule has 2 fully saturated rings. The van der Waals surface area contributed by atoms with Crippen molar-refractivity contribution < 1.29 is 24.2 Å². The molecule has 2 aliphatic heterocycles. The summed E-state index contributed by atoms with van der Waals surface area (Å²) in [5.74, 6) is 6.28. The van der Waals surface area contributed by atoms with Gasteiger partial charge in [-0.05, 0) is 50.3 Å². The molecule has 6 rings (SSSR count). The van der Waals surface area contributed by atoms with Crippen LogP contribution >= 0.6 is 0 Å². The number of phenols is 1. The number of carbonyl (C=O) groups excluding carboxylic acids is 2. The van der Waals surface area contributed by atoms with Crippen molar-refractivity contribution in [2.24, 2.45) is 5.92 Å². The van der Waals surface area contributed by atoms with E-state index in [0.29, 0.717) is 12.2 Å². The molecule has 0 unspecified atom stereocenters. The highest BCUT2D eigenvalue weighted by Crippen LogP contribution is 2.65. The van der Waals surface area contributed by atoms with Crippen LogP contribution in [0.5, 0.6) is 17.2 Å². The molecule has 1 saturated carbocycles. The van der Waals surface area contributed by atoms with E-state index in [-0.39, 0.29) is 46.9 Å². The summed E-state index contributed by atoms with van der Waals surface area (Å²) < 4.78 is 12.3. The van der Waals surface area contributed by atoms with Gasteiger partial charge in [0.15, 0.2) is 11.5 Å². The molecule has 0 radical (unpaired) electrons. The van der Waals surface area contributed by atoms with Gasteiger partial charge in [0.1, 0.15) is 11.9 Å². The Morgan fingerprint density at radius 2 is 2.11 bits per heavy atom. The molecule has 2 heterocycles. The van der Waals surface area contributed by atoms with Crippen LogP contribution in [-0.2, 0) is 21.4 Å². The lowest BCUT2D eigenvalue weighted by Gasteiger charge is -2.60. The van der Waals surface area contributed by atoms with Gasteiger partial charge in [-0.15, -0.1) is 6.58 Å². The maximum absolute atomic E-state index is 13.3. The van der Waals surface area contributed by atoms with E-state index in [9.17, 15) is 14.7 Å². The fraction of sp³-hybridized carbons (Fsp3) is 0.419. The number of amides is 1. The van der Waals surface area contributed by atoms with Gasteiger partial charge in [-0.1, -0.05) is 30.2 Å². The monoisotopic (exact) mass is 512 g/mol. The molecule has 7 heteroatoms.